The Labute approximate surface area is 137 Å². The minimum atomic E-state index is -2.46. The third-order valence-electron chi connectivity index (χ3n) is 3.86. The maximum atomic E-state index is 11.3. The Balaban J connectivity index is 4.32. The predicted molar refractivity (Wildman–Crippen MR) is 92.4 cm³/mol. The van der Waals surface area contributed by atoms with Gasteiger partial charge < -0.3 is 22.6 Å². The van der Waals surface area contributed by atoms with E-state index in [-0.39, 0.29) is 5.97 Å². The number of hydrogen-bond donors (Lipinski definition) is 0. The van der Waals surface area contributed by atoms with Crippen LogP contribution in [0.25, 0.3) is 0 Å². The van der Waals surface area contributed by atoms with Gasteiger partial charge in [-0.3, -0.25) is 4.79 Å². The molecule has 0 aliphatic carbocycles. The van der Waals surface area contributed by atoms with Gasteiger partial charge in [-0.05, 0) is 19.4 Å². The molecule has 8 heteroatoms. The highest BCUT2D eigenvalue weighted by molar-refractivity contribution is 6.73. The normalized spacial score (nSPS) is 12.7. The van der Waals surface area contributed by atoms with Crippen molar-refractivity contribution in [2.45, 2.75) is 44.9 Å². The molecule has 0 aromatic heterocycles. The second kappa shape index (κ2) is 10.5. The number of esters is 1. The summed E-state index contributed by atoms with van der Waals surface area (Å²) in [6, 6.07) is 0.813. The van der Waals surface area contributed by atoms with Gasteiger partial charge in [-0.25, -0.2) is 0 Å². The largest absolute Gasteiger partial charge is 0.500 e. The van der Waals surface area contributed by atoms with Gasteiger partial charge in [0.2, 0.25) is 0 Å². The molecule has 0 saturated carbocycles. The number of rotatable bonds is 12. The lowest BCUT2D eigenvalue weighted by Crippen LogP contribution is -2.47. The minimum absolute atomic E-state index is 0.146. The zero-order valence-corrected chi connectivity index (χ0v) is 17.2. The molecule has 6 nitrogen and oxygen atoms in total. The molecule has 132 valence electrons. The second-order valence-corrected chi connectivity index (χ2v) is 14.3. The Bertz CT molecular complexity index is 311. The highest BCUT2D eigenvalue weighted by Crippen LogP contribution is 2.18. The smallest absolute Gasteiger partial charge is 0.469 e. The van der Waals surface area contributed by atoms with Crippen LogP contribution in [-0.2, 0) is 22.8 Å². The Morgan fingerprint density at radius 2 is 1.45 bits per heavy atom. The summed E-state index contributed by atoms with van der Waals surface area (Å²) in [5.74, 6) is -0.146. The second-order valence-electron chi connectivity index (χ2n) is 6.24. The van der Waals surface area contributed by atoms with Crippen molar-refractivity contribution in [1.82, 2.24) is 4.57 Å². The van der Waals surface area contributed by atoms with Gasteiger partial charge in [0.25, 0.3) is 0 Å². The summed E-state index contributed by atoms with van der Waals surface area (Å²) in [7, 11) is 2.46. The van der Waals surface area contributed by atoms with E-state index in [4.69, 9.17) is 18.0 Å². The standard InChI is InChI=1S/C14H33NO5Si2/c1-17-14(16)10-12-15(21(5,6)7)11-8-9-13-22(18-2,19-3)20-4/h8-13H2,1-7H3. The van der Waals surface area contributed by atoms with Crippen LogP contribution in [0.3, 0.4) is 0 Å². The number of methoxy groups -OCH3 is 1. The first-order chi connectivity index (χ1) is 10.2. The van der Waals surface area contributed by atoms with Crippen molar-refractivity contribution in [2.24, 2.45) is 0 Å². The topological polar surface area (TPSA) is 57.2 Å². The van der Waals surface area contributed by atoms with E-state index < -0.39 is 17.0 Å². The molecule has 0 aromatic carbocycles. The van der Waals surface area contributed by atoms with Gasteiger partial charge in [0, 0.05) is 33.9 Å². The summed E-state index contributed by atoms with van der Waals surface area (Å²) in [6.45, 7) is 8.63. The lowest BCUT2D eigenvalue weighted by Gasteiger charge is -2.34. The SMILES string of the molecule is COC(=O)CCN(CCCC[Si](OC)(OC)OC)[Si](C)(C)C. The van der Waals surface area contributed by atoms with E-state index in [1.807, 2.05) is 0 Å². The molecule has 0 rings (SSSR count). The van der Waals surface area contributed by atoms with Crippen LogP contribution in [0.1, 0.15) is 19.3 Å². The average molecular weight is 352 g/mol. The van der Waals surface area contributed by atoms with Crippen molar-refractivity contribution < 1.29 is 22.8 Å². The summed E-state index contributed by atoms with van der Waals surface area (Å²) in [5.41, 5.74) is 0. The fourth-order valence-corrected chi connectivity index (χ4v) is 5.72. The van der Waals surface area contributed by atoms with Crippen molar-refractivity contribution in [1.29, 1.82) is 0 Å². The molecule has 0 fully saturated rings. The molecule has 0 bridgehead atoms. The summed E-state index contributed by atoms with van der Waals surface area (Å²) in [6.07, 6.45) is 2.48. The summed E-state index contributed by atoms with van der Waals surface area (Å²) >= 11 is 0. The third-order valence-corrected chi connectivity index (χ3v) is 9.03. The fourth-order valence-electron chi connectivity index (χ4n) is 2.31. The molecule has 0 amide bonds. The zero-order chi connectivity index (χ0) is 17.2. The van der Waals surface area contributed by atoms with Crippen LogP contribution in [0.15, 0.2) is 0 Å². The summed E-state index contributed by atoms with van der Waals surface area (Å²) < 4.78 is 23.5. The van der Waals surface area contributed by atoms with Gasteiger partial charge >= 0.3 is 14.8 Å². The van der Waals surface area contributed by atoms with Crippen LogP contribution >= 0.6 is 0 Å². The van der Waals surface area contributed by atoms with E-state index in [1.54, 1.807) is 21.3 Å². The van der Waals surface area contributed by atoms with E-state index in [2.05, 4.69) is 24.2 Å². The van der Waals surface area contributed by atoms with E-state index in [1.165, 1.54) is 7.11 Å². The zero-order valence-electron chi connectivity index (χ0n) is 15.2. The molecule has 22 heavy (non-hydrogen) atoms. The van der Waals surface area contributed by atoms with Gasteiger partial charge in [-0.2, -0.15) is 0 Å². The molecule has 0 aliphatic rings. The highest BCUT2D eigenvalue weighted by atomic mass is 28.4. The van der Waals surface area contributed by atoms with E-state index in [0.29, 0.717) is 6.42 Å². The first-order valence-corrected chi connectivity index (χ1v) is 13.1. The number of carbonyl (C=O) groups excluding carboxylic acids is 1. The molecule has 0 unspecified atom stereocenters. The molecule has 0 aliphatic heterocycles. The van der Waals surface area contributed by atoms with Gasteiger partial charge in [0.15, 0.2) is 0 Å². The minimum Gasteiger partial charge on any atom is -0.469 e. The molecular formula is C14H33NO5Si2. The number of unbranched alkanes of at least 4 members (excludes halogenated alkanes) is 1. The van der Waals surface area contributed by atoms with E-state index >= 15 is 0 Å². The van der Waals surface area contributed by atoms with Crippen LogP contribution in [0, 0.1) is 0 Å². The third kappa shape index (κ3) is 7.84. The quantitative estimate of drug-likeness (QED) is 0.306. The van der Waals surface area contributed by atoms with Gasteiger partial charge in [-0.1, -0.05) is 19.6 Å². The van der Waals surface area contributed by atoms with Gasteiger partial charge in [-0.15, -0.1) is 0 Å². The van der Waals surface area contributed by atoms with Crippen molar-refractivity contribution in [2.75, 3.05) is 41.5 Å². The molecule has 0 spiro atoms. The van der Waals surface area contributed by atoms with Crippen LogP contribution < -0.4 is 0 Å². The molecule has 0 heterocycles. The Kier molecular flexibility index (Phi) is 10.4. The van der Waals surface area contributed by atoms with E-state index in [0.717, 1.165) is 32.0 Å². The molecule has 0 N–H and O–H groups in total. The van der Waals surface area contributed by atoms with Crippen LogP contribution in [-0.4, -0.2) is 69.1 Å². The summed E-state index contributed by atoms with van der Waals surface area (Å²) in [4.78, 5) is 11.3. The lowest BCUT2D eigenvalue weighted by atomic mass is 10.3. The Hall–Kier alpha value is -0.256. The fraction of sp³-hybridized carbons (Fsp3) is 0.929. The lowest BCUT2D eigenvalue weighted by molar-refractivity contribution is -0.140. The van der Waals surface area contributed by atoms with E-state index in [9.17, 15) is 4.79 Å². The predicted octanol–water partition coefficient (Wildman–Crippen LogP) is 2.34. The van der Waals surface area contributed by atoms with Crippen LogP contribution in [0.4, 0.5) is 0 Å². The highest BCUT2D eigenvalue weighted by Gasteiger charge is 2.37. The van der Waals surface area contributed by atoms with Crippen molar-refractivity contribution in [3.8, 4) is 0 Å². The molecule has 0 radical (unpaired) electrons. The number of hydrogen-bond acceptors (Lipinski definition) is 6. The van der Waals surface area contributed by atoms with Crippen molar-refractivity contribution >= 4 is 23.0 Å². The van der Waals surface area contributed by atoms with Crippen LogP contribution in [0.2, 0.25) is 25.7 Å². The Morgan fingerprint density at radius 3 is 1.86 bits per heavy atom. The van der Waals surface area contributed by atoms with Crippen molar-refractivity contribution in [3.05, 3.63) is 0 Å². The number of nitrogens with zero attached hydrogens (tertiary/aromatic N) is 1. The number of carbonyl (C=O) groups is 1. The Morgan fingerprint density at radius 1 is 0.909 bits per heavy atom. The molecular weight excluding hydrogens is 318 g/mol. The first kappa shape index (κ1) is 21.7. The van der Waals surface area contributed by atoms with Crippen LogP contribution in [0.5, 0.6) is 0 Å². The maximum absolute atomic E-state index is 11.3. The average Bonchev–Trinajstić information content (AvgIpc) is 2.49. The van der Waals surface area contributed by atoms with Gasteiger partial charge in [0.1, 0.15) is 8.24 Å². The number of ether oxygens (including phenoxy) is 1. The molecule has 0 aromatic rings. The van der Waals surface area contributed by atoms with Crippen molar-refractivity contribution in [3.63, 3.8) is 0 Å². The maximum Gasteiger partial charge on any atom is 0.500 e. The summed E-state index contributed by atoms with van der Waals surface area (Å²) in [5, 5.41) is 0. The monoisotopic (exact) mass is 351 g/mol. The molecule has 0 atom stereocenters. The molecule has 0 saturated heterocycles. The van der Waals surface area contributed by atoms with Gasteiger partial charge in [0.05, 0.1) is 13.5 Å². The first-order valence-electron chi connectivity index (χ1n) is 7.72.